The maximum atomic E-state index is 12.9. The minimum Gasteiger partial charge on any atom is -0.373 e. The van der Waals surface area contributed by atoms with Gasteiger partial charge in [0.2, 0.25) is 5.91 Å². The summed E-state index contributed by atoms with van der Waals surface area (Å²) in [6.45, 7) is 4.26. The van der Waals surface area contributed by atoms with Crippen LogP contribution in [0.5, 0.6) is 0 Å². The van der Waals surface area contributed by atoms with E-state index in [2.05, 4.69) is 10.6 Å². The van der Waals surface area contributed by atoms with Crippen molar-refractivity contribution in [2.24, 2.45) is 0 Å². The summed E-state index contributed by atoms with van der Waals surface area (Å²) in [7, 11) is 0. The smallest absolute Gasteiger partial charge is 0.242 e. The standard InChI is InChI=1S/C13H16FN3O/c1-3-6-16-13(18)9(2)17-12-5-4-11(14)7-10(12)8-15/h4-5,7,9,17H,3,6H2,1-2H3,(H,16,18). The normalized spacial score (nSPS) is 11.4. The molecule has 0 saturated heterocycles. The maximum absolute atomic E-state index is 12.9. The van der Waals surface area contributed by atoms with Crippen molar-refractivity contribution in [3.05, 3.63) is 29.6 Å². The third-order valence-corrected chi connectivity index (χ3v) is 2.42. The number of benzene rings is 1. The number of halogens is 1. The van der Waals surface area contributed by atoms with Crippen molar-refractivity contribution in [2.75, 3.05) is 11.9 Å². The molecule has 1 amide bonds. The van der Waals surface area contributed by atoms with Gasteiger partial charge in [-0.15, -0.1) is 0 Å². The summed E-state index contributed by atoms with van der Waals surface area (Å²) in [4.78, 5) is 11.6. The molecule has 1 unspecified atom stereocenters. The Morgan fingerprint density at radius 3 is 2.89 bits per heavy atom. The molecule has 0 bridgehead atoms. The van der Waals surface area contributed by atoms with E-state index in [1.165, 1.54) is 12.1 Å². The van der Waals surface area contributed by atoms with Gasteiger partial charge in [0.15, 0.2) is 0 Å². The number of rotatable bonds is 5. The summed E-state index contributed by atoms with van der Waals surface area (Å²) in [5.41, 5.74) is 0.642. The molecular formula is C13H16FN3O. The first-order valence-electron chi connectivity index (χ1n) is 5.82. The highest BCUT2D eigenvalue weighted by Crippen LogP contribution is 2.16. The van der Waals surface area contributed by atoms with Gasteiger partial charge in [-0.25, -0.2) is 4.39 Å². The molecule has 1 aromatic rings. The van der Waals surface area contributed by atoms with E-state index in [1.54, 1.807) is 6.92 Å². The van der Waals surface area contributed by atoms with Gasteiger partial charge in [-0.3, -0.25) is 4.79 Å². The van der Waals surface area contributed by atoms with Gasteiger partial charge in [0.25, 0.3) is 0 Å². The number of nitriles is 1. The van der Waals surface area contributed by atoms with E-state index >= 15 is 0 Å². The Bertz CT molecular complexity index is 468. The molecule has 0 aromatic heterocycles. The topological polar surface area (TPSA) is 64.9 Å². The van der Waals surface area contributed by atoms with Crippen LogP contribution in [0.3, 0.4) is 0 Å². The highest BCUT2D eigenvalue weighted by molar-refractivity contribution is 5.84. The van der Waals surface area contributed by atoms with Gasteiger partial charge < -0.3 is 10.6 Å². The first-order chi connectivity index (χ1) is 8.58. The SMILES string of the molecule is CCCNC(=O)C(C)Nc1ccc(F)cc1C#N. The van der Waals surface area contributed by atoms with Crippen LogP contribution in [0.2, 0.25) is 0 Å². The predicted octanol–water partition coefficient (Wildman–Crippen LogP) is 2.02. The number of hydrogen-bond donors (Lipinski definition) is 2. The number of hydrogen-bond acceptors (Lipinski definition) is 3. The lowest BCUT2D eigenvalue weighted by Gasteiger charge is -2.15. The van der Waals surface area contributed by atoms with Crippen LogP contribution in [-0.4, -0.2) is 18.5 Å². The van der Waals surface area contributed by atoms with Crippen LogP contribution in [0.4, 0.5) is 10.1 Å². The van der Waals surface area contributed by atoms with Crippen LogP contribution in [0.15, 0.2) is 18.2 Å². The van der Waals surface area contributed by atoms with Crippen LogP contribution < -0.4 is 10.6 Å². The Morgan fingerprint density at radius 2 is 2.28 bits per heavy atom. The molecule has 2 N–H and O–H groups in total. The Balaban J connectivity index is 2.73. The summed E-state index contributed by atoms with van der Waals surface area (Å²) in [5.74, 6) is -0.620. The molecular weight excluding hydrogens is 233 g/mol. The second-order valence-electron chi connectivity index (χ2n) is 3.96. The fourth-order valence-electron chi connectivity index (χ4n) is 1.43. The minimum absolute atomic E-state index is 0.148. The number of anilines is 1. The van der Waals surface area contributed by atoms with Gasteiger partial charge in [0, 0.05) is 6.54 Å². The molecule has 0 aliphatic heterocycles. The second kappa shape index (κ2) is 6.60. The van der Waals surface area contributed by atoms with Crippen molar-refractivity contribution in [2.45, 2.75) is 26.3 Å². The summed E-state index contributed by atoms with van der Waals surface area (Å²) in [6, 6.07) is 5.26. The molecule has 0 aliphatic rings. The molecule has 5 heteroatoms. The van der Waals surface area contributed by atoms with E-state index in [-0.39, 0.29) is 11.5 Å². The van der Waals surface area contributed by atoms with Crippen molar-refractivity contribution in [1.82, 2.24) is 5.32 Å². The monoisotopic (exact) mass is 249 g/mol. The van der Waals surface area contributed by atoms with Crippen LogP contribution in [0.1, 0.15) is 25.8 Å². The minimum atomic E-state index is -0.478. The zero-order chi connectivity index (χ0) is 13.5. The van der Waals surface area contributed by atoms with E-state index in [1.807, 2.05) is 13.0 Å². The largest absolute Gasteiger partial charge is 0.373 e. The highest BCUT2D eigenvalue weighted by atomic mass is 19.1. The van der Waals surface area contributed by atoms with E-state index in [0.717, 1.165) is 12.5 Å². The average Bonchev–Trinajstić information content (AvgIpc) is 2.37. The second-order valence-corrected chi connectivity index (χ2v) is 3.96. The molecule has 1 aromatic carbocycles. The lowest BCUT2D eigenvalue weighted by Crippen LogP contribution is -2.38. The first kappa shape index (κ1) is 14.0. The summed E-state index contributed by atoms with van der Waals surface area (Å²) in [6.07, 6.45) is 0.860. The third-order valence-electron chi connectivity index (χ3n) is 2.42. The molecule has 0 fully saturated rings. The van der Waals surface area contributed by atoms with Gasteiger partial charge >= 0.3 is 0 Å². The number of carbonyl (C=O) groups excluding carboxylic acids is 1. The quantitative estimate of drug-likeness (QED) is 0.839. The van der Waals surface area contributed by atoms with E-state index < -0.39 is 11.9 Å². The molecule has 96 valence electrons. The van der Waals surface area contributed by atoms with Crippen LogP contribution >= 0.6 is 0 Å². The Hall–Kier alpha value is -2.09. The van der Waals surface area contributed by atoms with E-state index in [0.29, 0.717) is 12.2 Å². The highest BCUT2D eigenvalue weighted by Gasteiger charge is 2.13. The van der Waals surface area contributed by atoms with E-state index in [4.69, 9.17) is 5.26 Å². The molecule has 0 saturated carbocycles. The Kier molecular flexibility index (Phi) is 5.12. The molecule has 0 spiro atoms. The fourth-order valence-corrected chi connectivity index (χ4v) is 1.43. The van der Waals surface area contributed by atoms with Gasteiger partial charge in [-0.2, -0.15) is 5.26 Å². The van der Waals surface area contributed by atoms with Crippen molar-refractivity contribution < 1.29 is 9.18 Å². The molecule has 4 nitrogen and oxygen atoms in total. The van der Waals surface area contributed by atoms with Crippen molar-refractivity contribution in [1.29, 1.82) is 5.26 Å². The fraction of sp³-hybridized carbons (Fsp3) is 0.385. The van der Waals surface area contributed by atoms with Crippen molar-refractivity contribution in [3.63, 3.8) is 0 Å². The predicted molar refractivity (Wildman–Crippen MR) is 67.5 cm³/mol. The number of carbonyl (C=O) groups is 1. The Morgan fingerprint density at radius 1 is 1.56 bits per heavy atom. The molecule has 0 aliphatic carbocycles. The lowest BCUT2D eigenvalue weighted by molar-refractivity contribution is -0.121. The third kappa shape index (κ3) is 3.74. The van der Waals surface area contributed by atoms with Crippen molar-refractivity contribution >= 4 is 11.6 Å². The molecule has 1 atom stereocenters. The molecule has 18 heavy (non-hydrogen) atoms. The Labute approximate surface area is 106 Å². The summed E-state index contributed by atoms with van der Waals surface area (Å²) >= 11 is 0. The zero-order valence-electron chi connectivity index (χ0n) is 10.5. The van der Waals surface area contributed by atoms with Crippen LogP contribution in [0.25, 0.3) is 0 Å². The molecule has 1 rings (SSSR count). The summed E-state index contributed by atoms with van der Waals surface area (Å²) in [5, 5.41) is 14.5. The van der Waals surface area contributed by atoms with Gasteiger partial charge in [-0.05, 0) is 31.5 Å². The lowest BCUT2D eigenvalue weighted by atomic mass is 10.1. The van der Waals surface area contributed by atoms with Crippen molar-refractivity contribution in [3.8, 4) is 6.07 Å². The molecule has 0 heterocycles. The average molecular weight is 249 g/mol. The van der Waals surface area contributed by atoms with Crippen LogP contribution in [-0.2, 0) is 4.79 Å². The first-order valence-corrected chi connectivity index (χ1v) is 5.82. The number of amides is 1. The van der Waals surface area contributed by atoms with Gasteiger partial charge in [-0.1, -0.05) is 6.92 Å². The van der Waals surface area contributed by atoms with E-state index in [9.17, 15) is 9.18 Å². The van der Waals surface area contributed by atoms with Gasteiger partial charge in [0.1, 0.15) is 17.9 Å². The maximum Gasteiger partial charge on any atom is 0.242 e. The molecule has 0 radical (unpaired) electrons. The zero-order valence-corrected chi connectivity index (χ0v) is 10.5. The number of nitrogens with zero attached hydrogens (tertiary/aromatic N) is 1. The number of nitrogens with one attached hydrogen (secondary N) is 2. The summed E-state index contributed by atoms with van der Waals surface area (Å²) < 4.78 is 12.9. The van der Waals surface area contributed by atoms with Gasteiger partial charge in [0.05, 0.1) is 11.3 Å². The van der Waals surface area contributed by atoms with Crippen LogP contribution in [0, 0.1) is 17.1 Å².